The van der Waals surface area contributed by atoms with Crippen molar-refractivity contribution in [1.82, 2.24) is 0 Å². The Morgan fingerprint density at radius 2 is 1.19 bits per heavy atom. The highest BCUT2D eigenvalue weighted by molar-refractivity contribution is 6.26. The Morgan fingerprint density at radius 3 is 1.58 bits per heavy atom. The third-order valence-corrected chi connectivity index (χ3v) is 5.98. The summed E-state index contributed by atoms with van der Waals surface area (Å²) in [5, 5.41) is 22.2. The highest BCUT2D eigenvalue weighted by atomic mass is 16.3. The van der Waals surface area contributed by atoms with Crippen LogP contribution in [0.15, 0.2) is 22.7 Å². The first-order valence-corrected chi connectivity index (χ1v) is 12.0. The van der Waals surface area contributed by atoms with Crippen LogP contribution >= 0.6 is 0 Å². The molecule has 31 heavy (non-hydrogen) atoms. The van der Waals surface area contributed by atoms with Gasteiger partial charge < -0.3 is 10.2 Å². The summed E-state index contributed by atoms with van der Waals surface area (Å²) in [7, 11) is 0. The minimum Gasteiger partial charge on any atom is -0.510 e. The van der Waals surface area contributed by atoms with Crippen LogP contribution < -0.4 is 0 Å². The Hall–Kier alpha value is -1.91. The van der Waals surface area contributed by atoms with Crippen LogP contribution in [0, 0.1) is 17.3 Å². The molecule has 0 unspecified atom stereocenters. The number of aliphatic hydroxyl groups is 2. The van der Waals surface area contributed by atoms with E-state index in [-0.39, 0.29) is 41.6 Å². The molecule has 5 heteroatoms. The van der Waals surface area contributed by atoms with Crippen LogP contribution in [-0.4, -0.2) is 27.6 Å². The lowest BCUT2D eigenvalue weighted by Crippen LogP contribution is -2.42. The molecule has 0 bridgehead atoms. The average Bonchev–Trinajstić information content (AvgIpc) is 2.65. The number of carbonyl (C=O) groups is 3. The first kappa shape index (κ1) is 27.1. The SMILES string of the molecule is CCCCCC1(CCCCC)C(=O)C(C(=O)CC(C)C)=C(O)C(C(=O)CC(C)C)=C1O. The molecule has 0 aromatic carbocycles. The van der Waals surface area contributed by atoms with Gasteiger partial charge in [-0.2, -0.15) is 0 Å². The number of allylic oxidation sites excluding steroid dienone is 3. The number of Topliss-reactive ketones (excluding diaryl/α,β-unsaturated/α-hetero) is 3. The van der Waals surface area contributed by atoms with Crippen molar-refractivity contribution in [3.05, 3.63) is 22.7 Å². The van der Waals surface area contributed by atoms with Crippen molar-refractivity contribution in [2.45, 2.75) is 106 Å². The van der Waals surface area contributed by atoms with E-state index >= 15 is 0 Å². The van der Waals surface area contributed by atoms with E-state index < -0.39 is 28.5 Å². The van der Waals surface area contributed by atoms with E-state index in [0.29, 0.717) is 25.7 Å². The number of hydrogen-bond donors (Lipinski definition) is 2. The zero-order chi connectivity index (χ0) is 23.8. The molecule has 0 spiro atoms. The Morgan fingerprint density at radius 1 is 0.774 bits per heavy atom. The molecule has 0 atom stereocenters. The van der Waals surface area contributed by atoms with Gasteiger partial charge in [-0.05, 0) is 24.7 Å². The fraction of sp³-hybridized carbons (Fsp3) is 0.731. The van der Waals surface area contributed by atoms with Crippen molar-refractivity contribution in [3.8, 4) is 0 Å². The molecule has 0 amide bonds. The fourth-order valence-corrected chi connectivity index (χ4v) is 4.34. The molecule has 0 radical (unpaired) electrons. The monoisotopic (exact) mass is 434 g/mol. The Balaban J connectivity index is 3.68. The molecule has 176 valence electrons. The van der Waals surface area contributed by atoms with Gasteiger partial charge in [0.15, 0.2) is 17.3 Å². The second-order valence-electron chi connectivity index (χ2n) is 9.81. The summed E-state index contributed by atoms with van der Waals surface area (Å²) in [5.41, 5.74) is -1.81. The number of unbranched alkanes of at least 4 members (excludes halogenated alkanes) is 4. The largest absolute Gasteiger partial charge is 0.510 e. The van der Waals surface area contributed by atoms with Crippen molar-refractivity contribution < 1.29 is 24.6 Å². The van der Waals surface area contributed by atoms with Crippen molar-refractivity contribution in [2.75, 3.05) is 0 Å². The van der Waals surface area contributed by atoms with E-state index in [1.54, 1.807) is 0 Å². The van der Waals surface area contributed by atoms with Gasteiger partial charge in [-0.25, -0.2) is 0 Å². The standard InChI is InChI=1S/C26H42O5/c1-7-9-11-13-26(14-12-10-8-2)24(30)21(19(27)15-17(3)4)23(29)22(25(26)31)20(28)16-18(5)6/h17-18,29-30H,7-16H2,1-6H3. The maximum Gasteiger partial charge on any atom is 0.183 e. The summed E-state index contributed by atoms with van der Waals surface area (Å²) in [6.07, 6.45) is 6.06. The van der Waals surface area contributed by atoms with E-state index in [2.05, 4.69) is 13.8 Å². The molecule has 0 aromatic heterocycles. The lowest BCUT2D eigenvalue weighted by molar-refractivity contribution is -0.129. The van der Waals surface area contributed by atoms with Gasteiger partial charge in [0.1, 0.15) is 17.1 Å². The summed E-state index contributed by atoms with van der Waals surface area (Å²) in [6, 6.07) is 0. The van der Waals surface area contributed by atoms with E-state index in [1.165, 1.54) is 0 Å². The molecule has 1 aliphatic rings. The molecule has 0 heterocycles. The first-order chi connectivity index (χ1) is 14.5. The molecule has 2 N–H and O–H groups in total. The molecule has 0 saturated carbocycles. The zero-order valence-corrected chi connectivity index (χ0v) is 20.3. The van der Waals surface area contributed by atoms with Crippen molar-refractivity contribution in [3.63, 3.8) is 0 Å². The summed E-state index contributed by atoms with van der Waals surface area (Å²) in [4.78, 5) is 39.8. The summed E-state index contributed by atoms with van der Waals surface area (Å²) in [6.45, 7) is 11.6. The van der Waals surface area contributed by atoms with Crippen LogP contribution in [0.1, 0.15) is 106 Å². The predicted octanol–water partition coefficient (Wildman–Crippen LogP) is 6.57. The van der Waals surface area contributed by atoms with Crippen LogP contribution in [-0.2, 0) is 14.4 Å². The van der Waals surface area contributed by atoms with E-state index in [1.807, 2.05) is 27.7 Å². The number of hydrogen-bond acceptors (Lipinski definition) is 5. The van der Waals surface area contributed by atoms with Gasteiger partial charge in [0.05, 0.1) is 11.0 Å². The predicted molar refractivity (Wildman–Crippen MR) is 124 cm³/mol. The van der Waals surface area contributed by atoms with Crippen LogP contribution in [0.5, 0.6) is 0 Å². The van der Waals surface area contributed by atoms with Gasteiger partial charge in [-0.15, -0.1) is 0 Å². The molecule has 5 nitrogen and oxygen atoms in total. The lowest BCUT2D eigenvalue weighted by Gasteiger charge is -2.37. The molecular weight excluding hydrogens is 392 g/mol. The third kappa shape index (κ3) is 6.54. The third-order valence-electron chi connectivity index (χ3n) is 5.98. The van der Waals surface area contributed by atoms with Gasteiger partial charge >= 0.3 is 0 Å². The minimum atomic E-state index is -1.31. The Labute approximate surface area is 188 Å². The Kier molecular flexibility index (Phi) is 10.7. The van der Waals surface area contributed by atoms with E-state index in [4.69, 9.17) is 0 Å². The average molecular weight is 435 g/mol. The normalized spacial score (nSPS) is 16.6. The van der Waals surface area contributed by atoms with Crippen LogP contribution in [0.4, 0.5) is 0 Å². The van der Waals surface area contributed by atoms with Gasteiger partial charge in [0.25, 0.3) is 0 Å². The highest BCUT2D eigenvalue weighted by Gasteiger charge is 2.51. The molecule has 0 saturated heterocycles. The molecular formula is C26H42O5. The van der Waals surface area contributed by atoms with Crippen molar-refractivity contribution >= 4 is 17.3 Å². The second kappa shape index (κ2) is 12.2. The van der Waals surface area contributed by atoms with Gasteiger partial charge in [-0.1, -0.05) is 80.1 Å². The molecule has 0 aliphatic heterocycles. The summed E-state index contributed by atoms with van der Waals surface area (Å²) >= 11 is 0. The highest BCUT2D eigenvalue weighted by Crippen LogP contribution is 2.47. The number of carbonyl (C=O) groups excluding carboxylic acids is 3. The number of rotatable bonds is 14. The second-order valence-corrected chi connectivity index (χ2v) is 9.81. The molecule has 1 aliphatic carbocycles. The van der Waals surface area contributed by atoms with E-state index in [0.717, 1.165) is 25.7 Å². The fourth-order valence-electron chi connectivity index (χ4n) is 4.34. The minimum absolute atomic E-state index is 0.00417. The smallest absolute Gasteiger partial charge is 0.183 e. The van der Waals surface area contributed by atoms with Crippen molar-refractivity contribution in [2.24, 2.45) is 17.3 Å². The van der Waals surface area contributed by atoms with E-state index in [9.17, 15) is 24.6 Å². The molecule has 0 aromatic rings. The van der Waals surface area contributed by atoms with Gasteiger partial charge in [0.2, 0.25) is 0 Å². The quantitative estimate of drug-likeness (QED) is 0.238. The van der Waals surface area contributed by atoms with Gasteiger partial charge in [-0.3, -0.25) is 14.4 Å². The first-order valence-electron chi connectivity index (χ1n) is 12.0. The van der Waals surface area contributed by atoms with Crippen LogP contribution in [0.2, 0.25) is 0 Å². The zero-order valence-electron chi connectivity index (χ0n) is 20.3. The number of ketones is 3. The van der Waals surface area contributed by atoms with Crippen molar-refractivity contribution in [1.29, 1.82) is 0 Å². The molecule has 1 rings (SSSR count). The maximum absolute atomic E-state index is 13.7. The summed E-state index contributed by atoms with van der Waals surface area (Å²) < 4.78 is 0. The van der Waals surface area contributed by atoms with Crippen LogP contribution in [0.3, 0.4) is 0 Å². The number of aliphatic hydroxyl groups excluding tert-OH is 2. The Bertz CT molecular complexity index is 714. The maximum atomic E-state index is 13.7. The summed E-state index contributed by atoms with van der Waals surface area (Å²) in [5.74, 6) is -2.30. The van der Waals surface area contributed by atoms with Gasteiger partial charge in [0, 0.05) is 12.8 Å². The lowest BCUT2D eigenvalue weighted by atomic mass is 9.65. The van der Waals surface area contributed by atoms with Crippen LogP contribution in [0.25, 0.3) is 0 Å². The topological polar surface area (TPSA) is 91.7 Å². The molecule has 0 fully saturated rings.